The fourth-order valence-corrected chi connectivity index (χ4v) is 2.81. The van der Waals surface area contributed by atoms with Gasteiger partial charge in [-0.05, 0) is 39.0 Å². The number of aliphatic imine (C=N–C) groups is 1. The van der Waals surface area contributed by atoms with E-state index in [1.165, 1.54) is 25.7 Å². The molecule has 20 heavy (non-hydrogen) atoms. The van der Waals surface area contributed by atoms with E-state index in [9.17, 15) is 0 Å². The molecule has 4 nitrogen and oxygen atoms in total. The van der Waals surface area contributed by atoms with Crippen molar-refractivity contribution in [1.29, 1.82) is 0 Å². The van der Waals surface area contributed by atoms with Crippen molar-refractivity contribution >= 4 is 5.96 Å². The van der Waals surface area contributed by atoms with Gasteiger partial charge in [0.1, 0.15) is 0 Å². The van der Waals surface area contributed by atoms with E-state index in [4.69, 9.17) is 4.74 Å². The van der Waals surface area contributed by atoms with Crippen LogP contribution in [-0.4, -0.2) is 37.8 Å². The average Bonchev–Trinajstić information content (AvgIpc) is 3.11. The normalized spacial score (nSPS) is 20.8. The first-order chi connectivity index (χ1) is 9.88. The van der Waals surface area contributed by atoms with Crippen molar-refractivity contribution in [1.82, 2.24) is 10.6 Å². The third kappa shape index (κ3) is 5.53. The van der Waals surface area contributed by atoms with E-state index in [1.807, 2.05) is 0 Å². The standard InChI is InChI=1S/C16H29N3O/c1-2-17-16(19-14-8-3-4-9-14)18-12-7-13-20-15-10-5-6-11-15/h3-4,14-15H,2,5-13H2,1H3,(H2,17,18,19). The molecule has 4 heteroatoms. The van der Waals surface area contributed by atoms with Crippen LogP contribution in [-0.2, 0) is 4.74 Å². The highest BCUT2D eigenvalue weighted by atomic mass is 16.5. The van der Waals surface area contributed by atoms with Crippen LogP contribution in [0.1, 0.15) is 51.9 Å². The predicted octanol–water partition coefficient (Wildman–Crippen LogP) is 2.61. The van der Waals surface area contributed by atoms with Crippen LogP contribution in [0.2, 0.25) is 0 Å². The smallest absolute Gasteiger partial charge is 0.191 e. The fraction of sp³-hybridized carbons (Fsp3) is 0.812. The Hall–Kier alpha value is -1.03. The molecule has 2 aliphatic rings. The summed E-state index contributed by atoms with van der Waals surface area (Å²) < 4.78 is 5.86. The molecule has 0 amide bonds. The summed E-state index contributed by atoms with van der Waals surface area (Å²) in [6, 6.07) is 0.516. The monoisotopic (exact) mass is 279 g/mol. The molecule has 2 N–H and O–H groups in total. The predicted molar refractivity (Wildman–Crippen MR) is 84.1 cm³/mol. The van der Waals surface area contributed by atoms with Crippen molar-refractivity contribution in [3.05, 3.63) is 12.2 Å². The maximum absolute atomic E-state index is 5.86. The summed E-state index contributed by atoms with van der Waals surface area (Å²) >= 11 is 0. The van der Waals surface area contributed by atoms with Crippen molar-refractivity contribution in [2.24, 2.45) is 4.99 Å². The topological polar surface area (TPSA) is 45.7 Å². The van der Waals surface area contributed by atoms with Crippen molar-refractivity contribution < 1.29 is 4.74 Å². The Labute approximate surface area is 123 Å². The SMILES string of the molecule is CCNC(=NCCCOC1CCCC1)NC1CC=CC1. The largest absolute Gasteiger partial charge is 0.378 e. The Balaban J connectivity index is 1.60. The summed E-state index contributed by atoms with van der Waals surface area (Å²) in [5, 5.41) is 6.80. The zero-order chi connectivity index (χ0) is 14.0. The minimum absolute atomic E-state index is 0.516. The van der Waals surface area contributed by atoms with Crippen LogP contribution in [0.3, 0.4) is 0 Å². The van der Waals surface area contributed by atoms with E-state index in [-0.39, 0.29) is 0 Å². The lowest BCUT2D eigenvalue weighted by atomic mass is 10.2. The number of guanidine groups is 1. The van der Waals surface area contributed by atoms with Crippen LogP contribution in [0.25, 0.3) is 0 Å². The van der Waals surface area contributed by atoms with Gasteiger partial charge in [0.2, 0.25) is 0 Å². The molecule has 1 saturated carbocycles. The summed E-state index contributed by atoms with van der Waals surface area (Å²) in [6.45, 7) is 4.69. The summed E-state index contributed by atoms with van der Waals surface area (Å²) in [5.74, 6) is 0.946. The van der Waals surface area contributed by atoms with Gasteiger partial charge in [0.15, 0.2) is 5.96 Å². The van der Waals surface area contributed by atoms with E-state index >= 15 is 0 Å². The maximum atomic E-state index is 5.86. The molecule has 0 bridgehead atoms. The van der Waals surface area contributed by atoms with Gasteiger partial charge in [0.05, 0.1) is 6.10 Å². The summed E-state index contributed by atoms with van der Waals surface area (Å²) in [7, 11) is 0. The van der Waals surface area contributed by atoms with Crippen LogP contribution in [0.15, 0.2) is 17.1 Å². The Morgan fingerprint density at radius 1 is 1.25 bits per heavy atom. The number of hydrogen-bond donors (Lipinski definition) is 2. The van der Waals surface area contributed by atoms with Gasteiger partial charge in [0, 0.05) is 25.7 Å². The molecule has 0 aromatic heterocycles. The molecule has 0 heterocycles. The first-order valence-corrected chi connectivity index (χ1v) is 8.20. The molecular formula is C16H29N3O. The highest BCUT2D eigenvalue weighted by Crippen LogP contribution is 2.20. The minimum atomic E-state index is 0.516. The molecule has 0 saturated heterocycles. The van der Waals surface area contributed by atoms with Gasteiger partial charge in [0.25, 0.3) is 0 Å². The molecule has 0 radical (unpaired) electrons. The number of hydrogen-bond acceptors (Lipinski definition) is 2. The summed E-state index contributed by atoms with van der Waals surface area (Å²) in [4.78, 5) is 4.63. The van der Waals surface area contributed by atoms with Crippen molar-refractivity contribution in [2.75, 3.05) is 19.7 Å². The maximum Gasteiger partial charge on any atom is 0.191 e. The second kappa shape index (κ2) is 9.01. The molecule has 0 aliphatic heterocycles. The van der Waals surface area contributed by atoms with E-state index in [1.54, 1.807) is 0 Å². The lowest BCUT2D eigenvalue weighted by Crippen LogP contribution is -2.42. The number of rotatable bonds is 7. The van der Waals surface area contributed by atoms with Crippen LogP contribution in [0.5, 0.6) is 0 Å². The Bertz CT molecular complexity index is 314. The lowest BCUT2D eigenvalue weighted by molar-refractivity contribution is 0.0579. The van der Waals surface area contributed by atoms with Gasteiger partial charge in [-0.15, -0.1) is 0 Å². The molecule has 0 unspecified atom stereocenters. The van der Waals surface area contributed by atoms with Gasteiger partial charge in [-0.1, -0.05) is 25.0 Å². The van der Waals surface area contributed by atoms with Crippen LogP contribution >= 0.6 is 0 Å². The van der Waals surface area contributed by atoms with Crippen LogP contribution < -0.4 is 10.6 Å². The highest BCUT2D eigenvalue weighted by Gasteiger charge is 2.14. The Morgan fingerprint density at radius 2 is 2.00 bits per heavy atom. The molecule has 1 fully saturated rings. The number of nitrogens with one attached hydrogen (secondary N) is 2. The van der Waals surface area contributed by atoms with E-state index in [0.29, 0.717) is 12.1 Å². The fourth-order valence-electron chi connectivity index (χ4n) is 2.81. The summed E-state index contributed by atoms with van der Waals surface area (Å²) in [5.41, 5.74) is 0. The van der Waals surface area contributed by atoms with Gasteiger partial charge >= 0.3 is 0 Å². The van der Waals surface area contributed by atoms with Crippen molar-refractivity contribution in [2.45, 2.75) is 64.0 Å². The first-order valence-electron chi connectivity index (χ1n) is 8.20. The van der Waals surface area contributed by atoms with Crippen molar-refractivity contribution in [3.8, 4) is 0 Å². The molecule has 0 aromatic carbocycles. The zero-order valence-corrected chi connectivity index (χ0v) is 12.7. The molecule has 0 aromatic rings. The molecule has 0 spiro atoms. The molecule has 2 rings (SSSR count). The summed E-state index contributed by atoms with van der Waals surface area (Å²) in [6.07, 6.45) is 13.4. The average molecular weight is 279 g/mol. The minimum Gasteiger partial charge on any atom is -0.378 e. The van der Waals surface area contributed by atoms with E-state index in [2.05, 4.69) is 34.7 Å². The second-order valence-electron chi connectivity index (χ2n) is 5.68. The highest BCUT2D eigenvalue weighted by molar-refractivity contribution is 5.80. The third-order valence-corrected chi connectivity index (χ3v) is 3.92. The van der Waals surface area contributed by atoms with Crippen molar-refractivity contribution in [3.63, 3.8) is 0 Å². The van der Waals surface area contributed by atoms with Crippen LogP contribution in [0, 0.1) is 0 Å². The first kappa shape index (κ1) is 15.4. The lowest BCUT2D eigenvalue weighted by Gasteiger charge is -2.16. The quantitative estimate of drug-likeness (QED) is 0.326. The van der Waals surface area contributed by atoms with Crippen LogP contribution in [0.4, 0.5) is 0 Å². The van der Waals surface area contributed by atoms with E-state index in [0.717, 1.165) is 44.9 Å². The second-order valence-corrected chi connectivity index (χ2v) is 5.68. The Morgan fingerprint density at radius 3 is 2.70 bits per heavy atom. The molecule has 0 atom stereocenters. The molecule has 2 aliphatic carbocycles. The number of ether oxygens (including phenoxy) is 1. The van der Waals surface area contributed by atoms with Gasteiger partial charge in [-0.2, -0.15) is 0 Å². The van der Waals surface area contributed by atoms with E-state index < -0.39 is 0 Å². The number of nitrogens with zero attached hydrogens (tertiary/aromatic N) is 1. The van der Waals surface area contributed by atoms with Gasteiger partial charge in [-0.3, -0.25) is 4.99 Å². The zero-order valence-electron chi connectivity index (χ0n) is 12.7. The van der Waals surface area contributed by atoms with Gasteiger partial charge < -0.3 is 15.4 Å². The third-order valence-electron chi connectivity index (χ3n) is 3.92. The van der Waals surface area contributed by atoms with Gasteiger partial charge in [-0.25, -0.2) is 0 Å². The Kier molecular flexibility index (Phi) is 6.92. The molecular weight excluding hydrogens is 250 g/mol. The molecule has 114 valence electrons.